The van der Waals surface area contributed by atoms with E-state index in [0.717, 1.165) is 4.90 Å². The fourth-order valence-corrected chi connectivity index (χ4v) is 3.61. The molecular weight excluding hydrogens is 461 g/mol. The molecule has 0 aromatic heterocycles. The highest BCUT2D eigenvalue weighted by molar-refractivity contribution is 5.91. The number of carbonyl (C=O) groups excluding carboxylic acids is 3. The van der Waals surface area contributed by atoms with Crippen LogP contribution in [-0.2, 0) is 18.9 Å². The number of anilines is 2. The summed E-state index contributed by atoms with van der Waals surface area (Å²) < 4.78 is 36.2. The smallest absolute Gasteiger partial charge is 0.419 e. The molecule has 1 aromatic carbocycles. The molecule has 2 aliphatic rings. The third-order valence-electron chi connectivity index (χ3n) is 5.08. The van der Waals surface area contributed by atoms with Crippen LogP contribution in [0, 0.1) is 5.82 Å². The van der Waals surface area contributed by atoms with Gasteiger partial charge >= 0.3 is 18.3 Å². The van der Waals surface area contributed by atoms with Crippen LogP contribution in [0.1, 0.15) is 41.5 Å². The van der Waals surface area contributed by atoms with E-state index in [4.69, 9.17) is 18.9 Å². The van der Waals surface area contributed by atoms with Crippen LogP contribution < -0.4 is 9.80 Å². The zero-order valence-electron chi connectivity index (χ0n) is 21.1. The van der Waals surface area contributed by atoms with Crippen molar-refractivity contribution >= 4 is 29.7 Å². The summed E-state index contributed by atoms with van der Waals surface area (Å²) in [4.78, 5) is 41.9. The lowest BCUT2D eigenvalue weighted by Crippen LogP contribution is -2.47. The number of halogens is 1. The Hall–Kier alpha value is -3.08. The predicted molar refractivity (Wildman–Crippen MR) is 126 cm³/mol. The molecule has 0 radical (unpaired) electrons. The highest BCUT2D eigenvalue weighted by atomic mass is 19.1. The molecule has 1 aromatic rings. The maximum Gasteiger partial charge on any atom is 0.419 e. The summed E-state index contributed by atoms with van der Waals surface area (Å²) in [5.74, 6) is -0.468. The maximum absolute atomic E-state index is 14.9. The highest BCUT2D eigenvalue weighted by Gasteiger charge is 2.39. The first kappa shape index (κ1) is 26.5. The molecule has 0 N–H and O–H groups in total. The van der Waals surface area contributed by atoms with Crippen molar-refractivity contribution in [3.8, 4) is 0 Å². The Morgan fingerprint density at radius 1 is 1.06 bits per heavy atom. The van der Waals surface area contributed by atoms with Crippen LogP contribution >= 0.6 is 0 Å². The number of hydrogen-bond donors (Lipinski definition) is 0. The standard InChI is InChI=1S/C24H34FN3O7/c1-23(2,3)34-21(30)28(22(31)35-24(4,5)6)15-17-14-27(20(29)33-17)16-7-8-19(18(25)13-16)26-9-11-32-12-10-26/h7-8,13,17H,9-12,14-15H2,1-6H3/t17-/m1/s1. The van der Waals surface area contributed by atoms with Crippen molar-refractivity contribution in [1.82, 2.24) is 4.90 Å². The van der Waals surface area contributed by atoms with E-state index in [2.05, 4.69) is 0 Å². The minimum Gasteiger partial charge on any atom is -0.443 e. The molecule has 0 saturated carbocycles. The number of ether oxygens (including phenoxy) is 4. The fourth-order valence-electron chi connectivity index (χ4n) is 3.61. The van der Waals surface area contributed by atoms with Gasteiger partial charge < -0.3 is 23.8 Å². The molecule has 11 heteroatoms. The topological polar surface area (TPSA) is 97.9 Å². The second-order valence-corrected chi connectivity index (χ2v) is 10.4. The predicted octanol–water partition coefficient (Wildman–Crippen LogP) is 4.16. The average molecular weight is 496 g/mol. The van der Waals surface area contributed by atoms with Gasteiger partial charge in [0.05, 0.1) is 37.7 Å². The number of rotatable bonds is 4. The first-order valence-corrected chi connectivity index (χ1v) is 11.6. The second-order valence-electron chi connectivity index (χ2n) is 10.4. The molecular formula is C24H34FN3O7. The first-order valence-electron chi connectivity index (χ1n) is 11.6. The lowest BCUT2D eigenvalue weighted by Gasteiger charge is -2.29. The van der Waals surface area contributed by atoms with Crippen LogP contribution in [0.15, 0.2) is 18.2 Å². The van der Waals surface area contributed by atoms with Crippen LogP contribution in [0.4, 0.5) is 30.1 Å². The molecule has 1 atom stereocenters. The van der Waals surface area contributed by atoms with E-state index >= 15 is 0 Å². The van der Waals surface area contributed by atoms with Gasteiger partial charge in [0.2, 0.25) is 0 Å². The molecule has 35 heavy (non-hydrogen) atoms. The van der Waals surface area contributed by atoms with Gasteiger partial charge in [0, 0.05) is 13.1 Å². The summed E-state index contributed by atoms with van der Waals surface area (Å²) in [7, 11) is 0. The Morgan fingerprint density at radius 3 is 2.14 bits per heavy atom. The molecule has 2 fully saturated rings. The molecule has 2 heterocycles. The molecule has 0 spiro atoms. The number of hydrogen-bond acceptors (Lipinski definition) is 8. The zero-order chi connectivity index (χ0) is 26.0. The van der Waals surface area contributed by atoms with Crippen molar-refractivity contribution in [2.24, 2.45) is 0 Å². The summed E-state index contributed by atoms with van der Waals surface area (Å²) in [5, 5.41) is 0. The Balaban J connectivity index is 1.73. The van der Waals surface area contributed by atoms with Gasteiger partial charge in [0.1, 0.15) is 23.1 Å². The molecule has 2 aliphatic heterocycles. The molecule has 0 aliphatic carbocycles. The van der Waals surface area contributed by atoms with Crippen LogP contribution in [-0.4, -0.2) is 79.9 Å². The van der Waals surface area contributed by atoms with E-state index in [1.165, 1.54) is 11.0 Å². The Labute approximate surface area is 204 Å². The van der Waals surface area contributed by atoms with Gasteiger partial charge in [0.15, 0.2) is 0 Å². The molecule has 194 valence electrons. The molecule has 0 unspecified atom stereocenters. The number of amides is 3. The zero-order valence-corrected chi connectivity index (χ0v) is 21.1. The maximum atomic E-state index is 14.9. The summed E-state index contributed by atoms with van der Waals surface area (Å²) >= 11 is 0. The largest absolute Gasteiger partial charge is 0.443 e. The van der Waals surface area contributed by atoms with Crippen LogP contribution in [0.3, 0.4) is 0 Å². The number of nitrogens with zero attached hydrogens (tertiary/aromatic N) is 3. The van der Waals surface area contributed by atoms with Crippen molar-refractivity contribution in [2.75, 3.05) is 49.2 Å². The van der Waals surface area contributed by atoms with Gasteiger partial charge in [-0.3, -0.25) is 4.90 Å². The Kier molecular flexibility index (Phi) is 7.78. The lowest BCUT2D eigenvalue weighted by molar-refractivity contribution is -0.00587. The number of benzene rings is 1. The summed E-state index contributed by atoms with van der Waals surface area (Å²) in [6, 6.07) is 4.52. The van der Waals surface area contributed by atoms with E-state index in [1.807, 2.05) is 4.90 Å². The van der Waals surface area contributed by atoms with Crippen molar-refractivity contribution in [2.45, 2.75) is 58.8 Å². The summed E-state index contributed by atoms with van der Waals surface area (Å²) in [6.45, 7) is 12.0. The molecule has 10 nitrogen and oxygen atoms in total. The highest BCUT2D eigenvalue weighted by Crippen LogP contribution is 2.29. The van der Waals surface area contributed by atoms with E-state index in [0.29, 0.717) is 37.7 Å². The second kappa shape index (κ2) is 10.3. The average Bonchev–Trinajstić information content (AvgIpc) is 3.10. The van der Waals surface area contributed by atoms with Gasteiger partial charge in [-0.15, -0.1) is 0 Å². The molecule has 3 rings (SSSR count). The fraction of sp³-hybridized carbons (Fsp3) is 0.625. The van der Waals surface area contributed by atoms with Crippen molar-refractivity contribution in [3.05, 3.63) is 24.0 Å². The van der Waals surface area contributed by atoms with Gasteiger partial charge in [-0.05, 0) is 59.7 Å². The summed E-state index contributed by atoms with van der Waals surface area (Å²) in [6.07, 6.45) is -3.39. The van der Waals surface area contributed by atoms with Gasteiger partial charge in [-0.25, -0.2) is 23.7 Å². The van der Waals surface area contributed by atoms with Crippen LogP contribution in [0.25, 0.3) is 0 Å². The number of morpholine rings is 1. The van der Waals surface area contributed by atoms with Gasteiger partial charge in [-0.2, -0.15) is 0 Å². The quantitative estimate of drug-likeness (QED) is 0.575. The SMILES string of the molecule is CC(C)(C)OC(=O)N(C[C@H]1CN(c2ccc(N3CCOCC3)c(F)c2)C(=O)O1)C(=O)OC(C)(C)C. The Bertz CT molecular complexity index is 923. The van der Waals surface area contributed by atoms with Crippen LogP contribution in [0.2, 0.25) is 0 Å². The van der Waals surface area contributed by atoms with Gasteiger partial charge in [0.25, 0.3) is 0 Å². The minimum absolute atomic E-state index is 0.0112. The monoisotopic (exact) mass is 495 g/mol. The van der Waals surface area contributed by atoms with Crippen LogP contribution in [0.5, 0.6) is 0 Å². The first-order chi connectivity index (χ1) is 16.2. The van der Waals surface area contributed by atoms with E-state index in [9.17, 15) is 18.8 Å². The molecule has 2 saturated heterocycles. The third-order valence-corrected chi connectivity index (χ3v) is 5.08. The van der Waals surface area contributed by atoms with Crippen molar-refractivity contribution in [1.29, 1.82) is 0 Å². The summed E-state index contributed by atoms with van der Waals surface area (Å²) in [5.41, 5.74) is -0.958. The molecule has 0 bridgehead atoms. The van der Waals surface area contributed by atoms with E-state index < -0.39 is 41.4 Å². The van der Waals surface area contributed by atoms with E-state index in [-0.39, 0.29) is 13.1 Å². The van der Waals surface area contributed by atoms with Crippen molar-refractivity contribution < 1.29 is 37.7 Å². The minimum atomic E-state index is -0.915. The normalized spacial score (nSPS) is 18.8. The number of carbonyl (C=O) groups is 3. The third kappa shape index (κ3) is 7.20. The van der Waals surface area contributed by atoms with Crippen molar-refractivity contribution in [3.63, 3.8) is 0 Å². The van der Waals surface area contributed by atoms with Gasteiger partial charge in [-0.1, -0.05) is 0 Å². The van der Waals surface area contributed by atoms with E-state index in [1.54, 1.807) is 53.7 Å². The lowest BCUT2D eigenvalue weighted by atomic mass is 10.2. The molecule has 3 amide bonds. The number of imide groups is 1. The number of cyclic esters (lactones) is 1. The Morgan fingerprint density at radius 2 is 1.63 bits per heavy atom.